The van der Waals surface area contributed by atoms with Crippen molar-refractivity contribution in [2.75, 3.05) is 18.0 Å². The lowest BCUT2D eigenvalue weighted by atomic mass is 10.2. The summed E-state index contributed by atoms with van der Waals surface area (Å²) >= 11 is 12.1. The van der Waals surface area contributed by atoms with Crippen molar-refractivity contribution in [2.24, 2.45) is 0 Å². The lowest BCUT2D eigenvalue weighted by molar-refractivity contribution is 0.551. The van der Waals surface area contributed by atoms with Gasteiger partial charge in [-0.05, 0) is 42.3 Å². The van der Waals surface area contributed by atoms with Gasteiger partial charge < -0.3 is 10.2 Å². The largest absolute Gasteiger partial charge is 0.370 e. The van der Waals surface area contributed by atoms with Gasteiger partial charge in [-0.1, -0.05) is 35.3 Å². The maximum atomic E-state index is 9.01. The highest BCUT2D eigenvalue weighted by molar-refractivity contribution is 6.35. The van der Waals surface area contributed by atoms with E-state index in [0.29, 0.717) is 21.7 Å². The first-order valence-corrected chi connectivity index (χ1v) is 8.34. The van der Waals surface area contributed by atoms with Crippen LogP contribution in [0.15, 0.2) is 42.5 Å². The van der Waals surface area contributed by atoms with Crippen molar-refractivity contribution in [3.8, 4) is 6.07 Å². The number of rotatable bonds is 4. The SMILES string of the molecule is N#Cc1cccc(N2CCC(NCc3ccc(Cl)cc3Cl)C2)c1. The van der Waals surface area contributed by atoms with Crippen molar-refractivity contribution in [2.45, 2.75) is 19.0 Å². The second-order valence-electron chi connectivity index (χ2n) is 5.71. The third-order valence-electron chi connectivity index (χ3n) is 4.12. The maximum absolute atomic E-state index is 9.01. The predicted octanol–water partition coefficient (Wildman–Crippen LogP) is 4.23. The molecule has 1 unspecified atom stereocenters. The Hall–Kier alpha value is -1.73. The predicted molar refractivity (Wildman–Crippen MR) is 95.1 cm³/mol. The molecule has 1 aliphatic heterocycles. The van der Waals surface area contributed by atoms with Crippen LogP contribution in [0.2, 0.25) is 10.0 Å². The number of hydrogen-bond donors (Lipinski definition) is 1. The molecule has 1 atom stereocenters. The van der Waals surface area contributed by atoms with Gasteiger partial charge in [-0.2, -0.15) is 5.26 Å². The van der Waals surface area contributed by atoms with E-state index in [0.717, 1.165) is 37.3 Å². The summed E-state index contributed by atoms with van der Waals surface area (Å²) in [5.41, 5.74) is 2.87. The summed E-state index contributed by atoms with van der Waals surface area (Å²) in [6, 6.07) is 16.0. The topological polar surface area (TPSA) is 39.1 Å². The van der Waals surface area contributed by atoms with E-state index in [1.807, 2.05) is 30.3 Å². The Morgan fingerprint density at radius 2 is 2.09 bits per heavy atom. The van der Waals surface area contributed by atoms with E-state index in [4.69, 9.17) is 28.5 Å². The summed E-state index contributed by atoms with van der Waals surface area (Å²) in [6.07, 6.45) is 1.07. The van der Waals surface area contributed by atoms with Crippen LogP contribution in [-0.2, 0) is 6.54 Å². The van der Waals surface area contributed by atoms with Crippen LogP contribution in [0.3, 0.4) is 0 Å². The molecule has 1 heterocycles. The van der Waals surface area contributed by atoms with Crippen molar-refractivity contribution in [3.05, 3.63) is 63.6 Å². The highest BCUT2D eigenvalue weighted by atomic mass is 35.5. The van der Waals surface area contributed by atoms with Crippen molar-refractivity contribution < 1.29 is 0 Å². The van der Waals surface area contributed by atoms with Gasteiger partial charge in [0.15, 0.2) is 0 Å². The molecule has 0 bridgehead atoms. The van der Waals surface area contributed by atoms with E-state index in [1.165, 1.54) is 0 Å². The smallest absolute Gasteiger partial charge is 0.0992 e. The first-order valence-electron chi connectivity index (χ1n) is 7.58. The maximum Gasteiger partial charge on any atom is 0.0992 e. The first kappa shape index (κ1) is 16.1. The van der Waals surface area contributed by atoms with Crippen LogP contribution in [0.5, 0.6) is 0 Å². The minimum atomic E-state index is 0.410. The van der Waals surface area contributed by atoms with Crippen LogP contribution in [-0.4, -0.2) is 19.1 Å². The van der Waals surface area contributed by atoms with Gasteiger partial charge in [0.1, 0.15) is 0 Å². The van der Waals surface area contributed by atoms with E-state index < -0.39 is 0 Å². The van der Waals surface area contributed by atoms with Crippen LogP contribution < -0.4 is 10.2 Å². The molecule has 23 heavy (non-hydrogen) atoms. The summed E-state index contributed by atoms with van der Waals surface area (Å²) in [4.78, 5) is 2.31. The lowest BCUT2D eigenvalue weighted by Crippen LogP contribution is -2.32. The van der Waals surface area contributed by atoms with E-state index in [9.17, 15) is 0 Å². The Kier molecular flexibility index (Phi) is 5.07. The minimum Gasteiger partial charge on any atom is -0.370 e. The molecule has 118 valence electrons. The zero-order valence-electron chi connectivity index (χ0n) is 12.6. The van der Waals surface area contributed by atoms with Crippen molar-refractivity contribution in [3.63, 3.8) is 0 Å². The molecule has 3 nitrogen and oxygen atoms in total. The fraction of sp³-hybridized carbons (Fsp3) is 0.278. The molecule has 0 spiro atoms. The van der Waals surface area contributed by atoms with Crippen molar-refractivity contribution in [1.82, 2.24) is 5.32 Å². The van der Waals surface area contributed by atoms with E-state index in [-0.39, 0.29) is 0 Å². The van der Waals surface area contributed by atoms with E-state index in [1.54, 1.807) is 6.07 Å². The average molecular weight is 346 g/mol. The second-order valence-corrected chi connectivity index (χ2v) is 6.55. The zero-order valence-corrected chi connectivity index (χ0v) is 14.1. The molecule has 2 aromatic rings. The van der Waals surface area contributed by atoms with Crippen LogP contribution in [0, 0.1) is 11.3 Å². The van der Waals surface area contributed by atoms with Gasteiger partial charge in [0.05, 0.1) is 11.6 Å². The van der Waals surface area contributed by atoms with Gasteiger partial charge in [0.25, 0.3) is 0 Å². The number of nitrogens with zero attached hydrogens (tertiary/aromatic N) is 2. The summed E-state index contributed by atoms with van der Waals surface area (Å²) in [5.74, 6) is 0. The molecule has 2 aromatic carbocycles. The Morgan fingerprint density at radius 3 is 2.87 bits per heavy atom. The second kappa shape index (κ2) is 7.23. The van der Waals surface area contributed by atoms with E-state index >= 15 is 0 Å². The monoisotopic (exact) mass is 345 g/mol. The molecule has 1 fully saturated rings. The van der Waals surface area contributed by atoms with E-state index in [2.05, 4.69) is 22.4 Å². The fourth-order valence-corrected chi connectivity index (χ4v) is 3.33. The number of nitriles is 1. The number of benzene rings is 2. The van der Waals surface area contributed by atoms with Gasteiger partial charge in [-0.15, -0.1) is 0 Å². The molecule has 0 aliphatic carbocycles. The summed E-state index contributed by atoms with van der Waals surface area (Å²) in [7, 11) is 0. The number of hydrogen-bond acceptors (Lipinski definition) is 3. The zero-order chi connectivity index (χ0) is 16.2. The molecule has 0 aromatic heterocycles. The minimum absolute atomic E-state index is 0.410. The Labute approximate surface area is 146 Å². The molecule has 0 radical (unpaired) electrons. The number of nitrogens with one attached hydrogen (secondary N) is 1. The summed E-state index contributed by atoms with van der Waals surface area (Å²) < 4.78 is 0. The molecule has 0 amide bonds. The van der Waals surface area contributed by atoms with Crippen molar-refractivity contribution >= 4 is 28.9 Å². The van der Waals surface area contributed by atoms with Crippen LogP contribution in [0.1, 0.15) is 17.5 Å². The third-order valence-corrected chi connectivity index (χ3v) is 4.71. The normalized spacial score (nSPS) is 17.3. The quantitative estimate of drug-likeness (QED) is 0.900. The Morgan fingerprint density at radius 1 is 1.22 bits per heavy atom. The van der Waals surface area contributed by atoms with Crippen LogP contribution in [0.4, 0.5) is 5.69 Å². The molecule has 1 saturated heterocycles. The number of anilines is 1. The van der Waals surface area contributed by atoms with Gasteiger partial charge in [0.2, 0.25) is 0 Å². The van der Waals surface area contributed by atoms with Crippen LogP contribution >= 0.6 is 23.2 Å². The van der Waals surface area contributed by atoms with Gasteiger partial charge >= 0.3 is 0 Å². The van der Waals surface area contributed by atoms with Gasteiger partial charge in [-0.25, -0.2) is 0 Å². The Balaban J connectivity index is 1.58. The molecule has 5 heteroatoms. The molecular weight excluding hydrogens is 329 g/mol. The molecule has 1 N–H and O–H groups in total. The molecule has 1 aliphatic rings. The van der Waals surface area contributed by atoms with Crippen LogP contribution in [0.25, 0.3) is 0 Å². The summed E-state index contributed by atoms with van der Waals surface area (Å²) in [5, 5.41) is 13.9. The molecule has 0 saturated carbocycles. The molecule has 3 rings (SSSR count). The fourth-order valence-electron chi connectivity index (χ4n) is 2.85. The standard InChI is InChI=1S/C18H17Cl2N3/c19-15-5-4-14(18(20)9-15)11-22-16-6-7-23(12-16)17-3-1-2-13(8-17)10-21/h1-5,8-9,16,22H,6-7,11-12H2. The molecular formula is C18H17Cl2N3. The van der Waals surface area contributed by atoms with Gasteiger partial charge in [0, 0.05) is 41.4 Å². The summed E-state index contributed by atoms with van der Waals surface area (Å²) in [6.45, 7) is 2.65. The lowest BCUT2D eigenvalue weighted by Gasteiger charge is -2.19. The first-order chi connectivity index (χ1) is 11.2. The number of halogens is 2. The third kappa shape index (κ3) is 3.97. The average Bonchev–Trinajstić information content (AvgIpc) is 3.03. The highest BCUT2D eigenvalue weighted by Gasteiger charge is 2.22. The highest BCUT2D eigenvalue weighted by Crippen LogP contribution is 2.23. The van der Waals surface area contributed by atoms with Crippen molar-refractivity contribution in [1.29, 1.82) is 5.26 Å². The Bertz CT molecular complexity index is 739. The van der Waals surface area contributed by atoms with Gasteiger partial charge in [-0.3, -0.25) is 0 Å².